The van der Waals surface area contributed by atoms with E-state index in [0.717, 1.165) is 17.5 Å². The number of hydrogen-bond donors (Lipinski definition) is 3. The molecule has 0 radical (unpaired) electrons. The van der Waals surface area contributed by atoms with Crippen molar-refractivity contribution in [2.45, 2.75) is 31.9 Å². The lowest BCUT2D eigenvalue weighted by atomic mass is 10.1. The zero-order valence-electron chi connectivity index (χ0n) is 15.5. The quantitative estimate of drug-likeness (QED) is 0.665. The molecule has 1 aliphatic heterocycles. The monoisotopic (exact) mass is 384 g/mol. The van der Waals surface area contributed by atoms with Crippen molar-refractivity contribution >= 4 is 12.0 Å². The first kappa shape index (κ1) is 19.5. The standard InChI is InChI=1S/C21H24N2O5/c24-18-9-8-15(13-19(18)25)10-11-22-20(26)17-7-4-12-23(17)21(27)28-14-16-5-2-1-3-6-16/h1-3,5-6,8-9,13,17,24-25H,4,7,10-12,14H2,(H,22,26). The van der Waals surface area contributed by atoms with Crippen molar-refractivity contribution in [3.05, 3.63) is 59.7 Å². The van der Waals surface area contributed by atoms with Crippen LogP contribution in [0.25, 0.3) is 0 Å². The minimum Gasteiger partial charge on any atom is -0.504 e. The third-order valence-corrected chi connectivity index (χ3v) is 4.75. The summed E-state index contributed by atoms with van der Waals surface area (Å²) in [7, 11) is 0. The van der Waals surface area contributed by atoms with Crippen LogP contribution < -0.4 is 5.32 Å². The summed E-state index contributed by atoms with van der Waals surface area (Å²) < 4.78 is 5.35. The van der Waals surface area contributed by atoms with Crippen molar-refractivity contribution in [2.24, 2.45) is 0 Å². The number of hydrogen-bond acceptors (Lipinski definition) is 5. The summed E-state index contributed by atoms with van der Waals surface area (Å²) >= 11 is 0. The van der Waals surface area contributed by atoms with Crippen LogP contribution in [0.4, 0.5) is 4.79 Å². The molecule has 0 spiro atoms. The molecule has 1 atom stereocenters. The minimum absolute atomic E-state index is 0.175. The maximum Gasteiger partial charge on any atom is 0.410 e. The Morgan fingerprint density at radius 2 is 1.86 bits per heavy atom. The average molecular weight is 384 g/mol. The smallest absolute Gasteiger partial charge is 0.410 e. The molecule has 3 rings (SSSR count). The highest BCUT2D eigenvalue weighted by Gasteiger charge is 2.34. The van der Waals surface area contributed by atoms with Gasteiger partial charge in [-0.05, 0) is 42.5 Å². The van der Waals surface area contributed by atoms with Gasteiger partial charge >= 0.3 is 6.09 Å². The van der Waals surface area contributed by atoms with Gasteiger partial charge < -0.3 is 20.3 Å². The van der Waals surface area contributed by atoms with E-state index in [0.29, 0.717) is 25.9 Å². The summed E-state index contributed by atoms with van der Waals surface area (Å²) in [5, 5.41) is 21.7. The summed E-state index contributed by atoms with van der Waals surface area (Å²) in [5.41, 5.74) is 1.69. The molecule has 1 unspecified atom stereocenters. The summed E-state index contributed by atoms with van der Waals surface area (Å²) in [6.45, 7) is 1.04. The average Bonchev–Trinajstić information content (AvgIpc) is 3.20. The van der Waals surface area contributed by atoms with Crippen molar-refractivity contribution in [2.75, 3.05) is 13.1 Å². The number of carbonyl (C=O) groups excluding carboxylic acids is 2. The second kappa shape index (κ2) is 9.12. The third-order valence-electron chi connectivity index (χ3n) is 4.75. The Labute approximate surface area is 163 Å². The van der Waals surface area contributed by atoms with Crippen LogP contribution in [0, 0.1) is 0 Å². The van der Waals surface area contributed by atoms with Gasteiger partial charge in [0.05, 0.1) is 0 Å². The van der Waals surface area contributed by atoms with E-state index < -0.39 is 12.1 Å². The fourth-order valence-corrected chi connectivity index (χ4v) is 3.23. The van der Waals surface area contributed by atoms with Crippen molar-refractivity contribution in [3.8, 4) is 11.5 Å². The van der Waals surface area contributed by atoms with Gasteiger partial charge in [-0.3, -0.25) is 9.69 Å². The number of ether oxygens (including phenoxy) is 1. The number of phenolic OH excluding ortho intramolecular Hbond substituents is 2. The highest BCUT2D eigenvalue weighted by molar-refractivity contribution is 5.86. The van der Waals surface area contributed by atoms with E-state index in [9.17, 15) is 19.8 Å². The van der Waals surface area contributed by atoms with Crippen LogP contribution in [0.1, 0.15) is 24.0 Å². The Hall–Kier alpha value is -3.22. The SMILES string of the molecule is O=C(NCCc1ccc(O)c(O)c1)C1CCCN1C(=O)OCc1ccccc1. The molecular formula is C21H24N2O5. The lowest BCUT2D eigenvalue weighted by Crippen LogP contribution is -2.46. The molecule has 1 heterocycles. The van der Waals surface area contributed by atoms with Crippen molar-refractivity contribution < 1.29 is 24.5 Å². The number of nitrogens with one attached hydrogen (secondary N) is 1. The fraction of sp³-hybridized carbons (Fsp3) is 0.333. The fourth-order valence-electron chi connectivity index (χ4n) is 3.23. The number of nitrogens with zero attached hydrogens (tertiary/aromatic N) is 1. The predicted octanol–water partition coefficient (Wildman–Crippen LogP) is 2.56. The van der Waals surface area contributed by atoms with Crippen LogP contribution in [-0.2, 0) is 22.6 Å². The van der Waals surface area contributed by atoms with Gasteiger partial charge in [0.25, 0.3) is 0 Å². The Bertz CT molecular complexity index is 825. The Balaban J connectivity index is 1.48. The maximum absolute atomic E-state index is 12.5. The van der Waals surface area contributed by atoms with Gasteiger partial charge in [0.15, 0.2) is 11.5 Å². The highest BCUT2D eigenvalue weighted by Crippen LogP contribution is 2.25. The van der Waals surface area contributed by atoms with E-state index in [1.807, 2.05) is 30.3 Å². The zero-order valence-corrected chi connectivity index (χ0v) is 15.5. The summed E-state index contributed by atoms with van der Waals surface area (Å²) in [5.74, 6) is -0.576. The van der Waals surface area contributed by atoms with E-state index in [-0.39, 0.29) is 24.0 Å². The number of likely N-dealkylation sites (tertiary alicyclic amines) is 1. The molecule has 3 N–H and O–H groups in total. The second-order valence-corrected chi connectivity index (χ2v) is 6.76. The molecule has 0 bridgehead atoms. The molecule has 0 aliphatic carbocycles. The molecule has 2 aromatic carbocycles. The van der Waals surface area contributed by atoms with Crippen molar-refractivity contribution in [3.63, 3.8) is 0 Å². The van der Waals surface area contributed by atoms with Crippen molar-refractivity contribution in [1.29, 1.82) is 0 Å². The number of benzene rings is 2. The first-order valence-corrected chi connectivity index (χ1v) is 9.30. The van der Waals surface area contributed by atoms with Gasteiger partial charge in [-0.15, -0.1) is 0 Å². The van der Waals surface area contributed by atoms with E-state index in [1.54, 1.807) is 6.07 Å². The minimum atomic E-state index is -0.531. The molecule has 2 amide bonds. The Morgan fingerprint density at radius 1 is 1.07 bits per heavy atom. The van der Waals surface area contributed by atoms with Crippen LogP contribution in [0.15, 0.2) is 48.5 Å². The maximum atomic E-state index is 12.5. The zero-order chi connectivity index (χ0) is 19.9. The molecule has 7 nitrogen and oxygen atoms in total. The third kappa shape index (κ3) is 4.94. The van der Waals surface area contributed by atoms with Gasteiger partial charge in [-0.1, -0.05) is 36.4 Å². The molecule has 28 heavy (non-hydrogen) atoms. The van der Waals surface area contributed by atoms with Crippen molar-refractivity contribution in [1.82, 2.24) is 10.2 Å². The van der Waals surface area contributed by atoms with Gasteiger partial charge in [-0.2, -0.15) is 0 Å². The van der Waals surface area contributed by atoms with Crippen LogP contribution >= 0.6 is 0 Å². The number of rotatable bonds is 6. The molecule has 2 aromatic rings. The first-order valence-electron chi connectivity index (χ1n) is 9.30. The van der Waals surface area contributed by atoms with E-state index in [1.165, 1.54) is 17.0 Å². The van der Waals surface area contributed by atoms with Gasteiger partial charge in [0, 0.05) is 13.1 Å². The number of phenols is 2. The molecule has 0 aromatic heterocycles. The molecule has 1 saturated heterocycles. The summed E-state index contributed by atoms with van der Waals surface area (Å²) in [4.78, 5) is 26.3. The molecule has 148 valence electrons. The van der Waals surface area contributed by atoms with Gasteiger partial charge in [0.2, 0.25) is 5.91 Å². The summed E-state index contributed by atoms with van der Waals surface area (Å²) in [6.07, 6.45) is 1.38. The largest absolute Gasteiger partial charge is 0.504 e. The van der Waals surface area contributed by atoms with Gasteiger partial charge in [-0.25, -0.2) is 4.79 Å². The lowest BCUT2D eigenvalue weighted by Gasteiger charge is -2.23. The van der Waals surface area contributed by atoms with E-state index in [4.69, 9.17) is 4.74 Å². The molecule has 1 fully saturated rings. The number of amides is 2. The number of carbonyl (C=O) groups is 2. The Morgan fingerprint density at radius 3 is 2.61 bits per heavy atom. The number of aromatic hydroxyl groups is 2. The molecule has 0 saturated carbocycles. The van der Waals surface area contributed by atoms with Crippen LogP contribution in [-0.4, -0.2) is 46.2 Å². The second-order valence-electron chi connectivity index (χ2n) is 6.76. The summed E-state index contributed by atoms with van der Waals surface area (Å²) in [6, 6.07) is 13.4. The predicted molar refractivity (Wildman–Crippen MR) is 103 cm³/mol. The van der Waals surface area contributed by atoms with Gasteiger partial charge in [0.1, 0.15) is 12.6 Å². The molecular weight excluding hydrogens is 360 g/mol. The van der Waals surface area contributed by atoms with Crippen LogP contribution in [0.2, 0.25) is 0 Å². The lowest BCUT2D eigenvalue weighted by molar-refractivity contribution is -0.125. The molecule has 7 heteroatoms. The normalized spacial score (nSPS) is 16.0. The first-order chi connectivity index (χ1) is 13.5. The highest BCUT2D eigenvalue weighted by atomic mass is 16.6. The van der Waals surface area contributed by atoms with Crippen LogP contribution in [0.5, 0.6) is 11.5 Å². The van der Waals surface area contributed by atoms with E-state index >= 15 is 0 Å². The molecule has 1 aliphatic rings. The topological polar surface area (TPSA) is 99.1 Å². The van der Waals surface area contributed by atoms with Crippen LogP contribution in [0.3, 0.4) is 0 Å². The van der Waals surface area contributed by atoms with E-state index in [2.05, 4.69) is 5.32 Å². The Kier molecular flexibility index (Phi) is 6.37.